The van der Waals surface area contributed by atoms with Crippen molar-refractivity contribution < 1.29 is 28.3 Å². The molecule has 3 N–H and O–H groups in total. The highest BCUT2D eigenvalue weighted by atomic mass is 31.2. The van der Waals surface area contributed by atoms with Crippen LogP contribution in [0.1, 0.15) is 19.4 Å². The normalized spacial score (nSPS) is 20.3. The first kappa shape index (κ1) is 24.5. The van der Waals surface area contributed by atoms with E-state index in [1.165, 1.54) is 44.6 Å². The highest BCUT2D eigenvalue weighted by molar-refractivity contribution is 7.57. The van der Waals surface area contributed by atoms with Gasteiger partial charge in [0.15, 0.2) is 11.5 Å². The van der Waals surface area contributed by atoms with Crippen LogP contribution in [0.3, 0.4) is 0 Å². The number of nitrogens with one attached hydrogen (secondary N) is 1. The van der Waals surface area contributed by atoms with Gasteiger partial charge in [0.25, 0.3) is 5.69 Å². The van der Waals surface area contributed by atoms with Gasteiger partial charge in [-0.25, -0.2) is 20.0 Å². The molecule has 1 aliphatic rings. The van der Waals surface area contributed by atoms with Crippen molar-refractivity contribution in [2.75, 3.05) is 25.6 Å². The summed E-state index contributed by atoms with van der Waals surface area (Å²) >= 11 is 0. The topological polar surface area (TPSA) is 187 Å². The van der Waals surface area contributed by atoms with Gasteiger partial charge in [-0.1, -0.05) is 0 Å². The lowest BCUT2D eigenvalue weighted by molar-refractivity contribution is -0.384. The van der Waals surface area contributed by atoms with Crippen molar-refractivity contribution in [1.82, 2.24) is 24.6 Å². The molecule has 0 saturated carbocycles. The smallest absolute Gasteiger partial charge is 0.323 e. The number of nitro groups is 1. The molecule has 1 saturated heterocycles. The number of non-ortho nitro benzene ring substituents is 1. The molecule has 2 aromatic heterocycles. The van der Waals surface area contributed by atoms with E-state index in [4.69, 9.17) is 19.7 Å². The van der Waals surface area contributed by atoms with Gasteiger partial charge in [-0.15, -0.1) is 0 Å². The molecule has 1 fully saturated rings. The summed E-state index contributed by atoms with van der Waals surface area (Å²) < 4.78 is 32.0. The number of imidazole rings is 1. The molecule has 0 aliphatic carbocycles. The summed E-state index contributed by atoms with van der Waals surface area (Å²) in [6.45, 7) is 1.81. The molecular weight excluding hydrogens is 481 g/mol. The molecule has 1 aromatic carbocycles. The maximum atomic E-state index is 13.8. The summed E-state index contributed by atoms with van der Waals surface area (Å²) in [6, 6.07) is 4.08. The van der Waals surface area contributed by atoms with Crippen LogP contribution in [0, 0.1) is 10.1 Å². The minimum atomic E-state index is -3.73. The van der Waals surface area contributed by atoms with Gasteiger partial charge in [-0.05, 0) is 25.5 Å². The first-order valence-electron chi connectivity index (χ1n) is 10.6. The van der Waals surface area contributed by atoms with E-state index in [0.717, 1.165) is 0 Å². The third-order valence-corrected chi connectivity index (χ3v) is 7.70. The molecule has 0 radical (unpaired) electrons. The molecule has 1 aliphatic heterocycles. The fraction of sp³-hybridized carbons (Fsp3) is 0.400. The molecule has 4 rings (SSSR count). The number of anilines is 1. The Morgan fingerprint density at radius 2 is 2.11 bits per heavy atom. The lowest BCUT2D eigenvalue weighted by Gasteiger charge is -2.25. The Kier molecular flexibility index (Phi) is 6.96. The summed E-state index contributed by atoms with van der Waals surface area (Å²) in [6.07, 6.45) is 2.88. The number of hydrogen-bond donors (Lipinski definition) is 2. The zero-order chi connectivity index (χ0) is 25.2. The summed E-state index contributed by atoms with van der Waals surface area (Å²) in [5, 5.41) is 13.7. The highest BCUT2D eigenvalue weighted by Crippen LogP contribution is 2.47. The van der Waals surface area contributed by atoms with Crippen molar-refractivity contribution >= 4 is 36.2 Å². The van der Waals surface area contributed by atoms with Crippen LogP contribution in [0.2, 0.25) is 0 Å². The van der Waals surface area contributed by atoms with E-state index >= 15 is 0 Å². The first-order valence-corrected chi connectivity index (χ1v) is 12.4. The van der Waals surface area contributed by atoms with E-state index in [1.54, 1.807) is 6.33 Å². The monoisotopic (exact) mass is 505 g/mol. The summed E-state index contributed by atoms with van der Waals surface area (Å²) in [5.41, 5.74) is 6.78. The second kappa shape index (κ2) is 9.94. The van der Waals surface area contributed by atoms with Crippen LogP contribution in [-0.2, 0) is 18.8 Å². The van der Waals surface area contributed by atoms with Crippen LogP contribution in [0.4, 0.5) is 11.5 Å². The number of carbonyl (C=O) groups is 1. The zero-order valence-corrected chi connectivity index (χ0v) is 19.8. The molecule has 1 unspecified atom stereocenters. The first-order chi connectivity index (χ1) is 16.7. The van der Waals surface area contributed by atoms with E-state index in [2.05, 4.69) is 20.0 Å². The van der Waals surface area contributed by atoms with E-state index < -0.39 is 30.6 Å². The number of carbonyl (C=O) groups excluding carboxylic acids is 1. The predicted molar refractivity (Wildman–Crippen MR) is 124 cm³/mol. The summed E-state index contributed by atoms with van der Waals surface area (Å²) in [5.74, 6) is -0.207. The number of nitrogens with two attached hydrogens (primary N) is 1. The van der Waals surface area contributed by atoms with Crippen molar-refractivity contribution in [3.05, 3.63) is 47.0 Å². The van der Waals surface area contributed by atoms with Crippen molar-refractivity contribution in [3.8, 4) is 5.75 Å². The molecule has 35 heavy (non-hydrogen) atoms. The number of fused-ring (bicyclic) bond motifs is 1. The fourth-order valence-corrected chi connectivity index (χ4v) is 6.03. The Hall–Kier alpha value is -3.61. The Morgan fingerprint density at radius 1 is 1.37 bits per heavy atom. The van der Waals surface area contributed by atoms with Crippen molar-refractivity contribution in [3.63, 3.8) is 0 Å². The molecule has 3 aromatic rings. The van der Waals surface area contributed by atoms with E-state index in [-0.39, 0.29) is 29.5 Å². The molecule has 186 valence electrons. The number of ether oxygens (including phenoxy) is 2. The maximum absolute atomic E-state index is 13.8. The minimum absolute atomic E-state index is 0.0639. The number of aromatic nitrogens is 4. The van der Waals surface area contributed by atoms with Crippen LogP contribution < -0.4 is 15.3 Å². The zero-order valence-electron chi connectivity index (χ0n) is 18.9. The van der Waals surface area contributed by atoms with Crippen LogP contribution in [0.5, 0.6) is 5.75 Å². The van der Waals surface area contributed by atoms with Gasteiger partial charge in [0.1, 0.15) is 23.6 Å². The van der Waals surface area contributed by atoms with Gasteiger partial charge in [-0.2, -0.15) is 0 Å². The van der Waals surface area contributed by atoms with Crippen molar-refractivity contribution in [1.29, 1.82) is 0 Å². The minimum Gasteiger partial charge on any atom is -0.468 e. The van der Waals surface area contributed by atoms with Crippen LogP contribution >= 0.6 is 7.52 Å². The lowest BCUT2D eigenvalue weighted by atomic mass is 10.2. The van der Waals surface area contributed by atoms with Gasteiger partial charge >= 0.3 is 13.5 Å². The van der Waals surface area contributed by atoms with Gasteiger partial charge in [0, 0.05) is 12.1 Å². The second-order valence-electron chi connectivity index (χ2n) is 8.00. The maximum Gasteiger partial charge on any atom is 0.323 e. The number of nitro benzene ring substituents is 1. The third kappa shape index (κ3) is 5.39. The standard InChI is InChI=1S/C20H24N7O7P/c1-12(20(28)32-2)25-35(31,34-15-5-3-13(4-6-15)27(29)30)9-16-7-14(8-33-16)26-11-24-17-18(21)22-10-23-19(17)26/h3-6,10-12,14,16H,7-9H2,1-2H3,(H,25,31)(H2,21,22,23)/t12-,14+,16+,35?/m0/s1. The largest absolute Gasteiger partial charge is 0.468 e. The molecular formula is C20H24N7O7P. The van der Waals surface area contributed by atoms with E-state index in [9.17, 15) is 19.5 Å². The molecule has 0 amide bonds. The van der Waals surface area contributed by atoms with Crippen molar-refractivity contribution in [2.45, 2.75) is 31.5 Å². The molecule has 14 nitrogen and oxygen atoms in total. The number of hydrogen-bond acceptors (Lipinski definition) is 11. The SMILES string of the molecule is COC(=O)[C@H](C)NP(=O)(C[C@H]1C[C@@H](n2cnc3c(N)ncnc32)CO1)Oc1ccc([N+](=O)[O-])cc1. The number of rotatable bonds is 9. The molecule has 0 bridgehead atoms. The molecule has 0 spiro atoms. The number of benzene rings is 1. The van der Waals surface area contributed by atoms with Gasteiger partial charge < -0.3 is 24.3 Å². The molecule has 15 heteroatoms. The van der Waals surface area contributed by atoms with Gasteiger partial charge in [0.2, 0.25) is 0 Å². The predicted octanol–water partition coefficient (Wildman–Crippen LogP) is 2.07. The van der Waals surface area contributed by atoms with Crippen LogP contribution in [0.25, 0.3) is 11.2 Å². The Labute approximate surface area is 199 Å². The van der Waals surface area contributed by atoms with Crippen LogP contribution in [-0.4, -0.2) is 62.4 Å². The summed E-state index contributed by atoms with van der Waals surface area (Å²) in [7, 11) is -2.51. The lowest BCUT2D eigenvalue weighted by Crippen LogP contribution is -2.36. The Balaban J connectivity index is 1.52. The Morgan fingerprint density at radius 3 is 2.80 bits per heavy atom. The number of nitrogens with zero attached hydrogens (tertiary/aromatic N) is 5. The summed E-state index contributed by atoms with van der Waals surface area (Å²) in [4.78, 5) is 34.8. The fourth-order valence-electron chi connectivity index (χ4n) is 3.85. The average Bonchev–Trinajstić information content (AvgIpc) is 3.46. The third-order valence-electron chi connectivity index (χ3n) is 5.53. The van der Waals surface area contributed by atoms with E-state index in [1.807, 2.05) is 4.57 Å². The van der Waals surface area contributed by atoms with E-state index in [0.29, 0.717) is 24.2 Å². The van der Waals surface area contributed by atoms with Gasteiger partial charge in [0.05, 0.1) is 43.3 Å². The molecule has 3 heterocycles. The highest BCUT2D eigenvalue weighted by Gasteiger charge is 2.38. The second-order valence-corrected chi connectivity index (χ2v) is 10.2. The Bertz CT molecular complexity index is 1280. The number of nitrogen functional groups attached to an aromatic ring is 1. The van der Waals surface area contributed by atoms with Crippen molar-refractivity contribution in [2.24, 2.45) is 0 Å². The number of esters is 1. The quantitative estimate of drug-likeness (QED) is 0.187. The van der Waals surface area contributed by atoms with Crippen LogP contribution in [0.15, 0.2) is 36.9 Å². The van der Waals surface area contributed by atoms with Gasteiger partial charge in [-0.3, -0.25) is 19.5 Å². The average molecular weight is 505 g/mol. The molecule has 4 atom stereocenters. The number of methoxy groups -OCH3 is 1.